The summed E-state index contributed by atoms with van der Waals surface area (Å²) in [5, 5.41) is 11.0. The van der Waals surface area contributed by atoms with E-state index in [2.05, 4.69) is 15.6 Å². The lowest BCUT2D eigenvalue weighted by Crippen LogP contribution is -2.46. The number of hydrogen-bond donors (Lipinski definition) is 1. The molecule has 0 fully saturated rings. The van der Waals surface area contributed by atoms with Crippen molar-refractivity contribution in [2.45, 2.75) is 19.1 Å². The van der Waals surface area contributed by atoms with Crippen LogP contribution in [0.15, 0.2) is 71.3 Å². The molecule has 4 rings (SSSR count). The van der Waals surface area contributed by atoms with Gasteiger partial charge < -0.3 is 19.4 Å². The van der Waals surface area contributed by atoms with Crippen LogP contribution >= 0.6 is 0 Å². The lowest BCUT2D eigenvalue weighted by molar-refractivity contribution is -0.142. The highest BCUT2D eigenvalue weighted by Crippen LogP contribution is 2.23. The second-order valence-corrected chi connectivity index (χ2v) is 7.57. The number of rotatable bonds is 10. The molecule has 10 heteroatoms. The zero-order chi connectivity index (χ0) is 23.9. The minimum atomic E-state index is -1.02. The van der Waals surface area contributed by atoms with Crippen molar-refractivity contribution in [1.82, 2.24) is 25.2 Å². The number of para-hydroxylation sites is 1. The van der Waals surface area contributed by atoms with Crippen LogP contribution in [0.4, 0.5) is 4.39 Å². The van der Waals surface area contributed by atoms with E-state index in [0.717, 1.165) is 0 Å². The van der Waals surface area contributed by atoms with Crippen molar-refractivity contribution in [1.29, 1.82) is 0 Å². The van der Waals surface area contributed by atoms with E-state index in [4.69, 9.17) is 9.15 Å². The highest BCUT2D eigenvalue weighted by molar-refractivity contribution is 5.89. The van der Waals surface area contributed by atoms with Crippen LogP contribution in [-0.4, -0.2) is 52.0 Å². The summed E-state index contributed by atoms with van der Waals surface area (Å²) in [5.74, 6) is -0.677. The number of carbonyl (C=O) groups is 2. The van der Waals surface area contributed by atoms with Crippen molar-refractivity contribution in [2.24, 2.45) is 0 Å². The van der Waals surface area contributed by atoms with Crippen molar-refractivity contribution >= 4 is 22.8 Å². The van der Waals surface area contributed by atoms with Crippen molar-refractivity contribution in [3.05, 3.63) is 84.1 Å². The highest BCUT2D eigenvalue weighted by Gasteiger charge is 2.32. The van der Waals surface area contributed by atoms with E-state index in [9.17, 15) is 14.0 Å². The average Bonchev–Trinajstić information content (AvgIpc) is 3.51. The molecule has 2 heterocycles. The number of amides is 2. The Hall–Kier alpha value is -4.05. The fourth-order valence-corrected chi connectivity index (χ4v) is 3.64. The van der Waals surface area contributed by atoms with Gasteiger partial charge in [-0.1, -0.05) is 29.5 Å². The van der Waals surface area contributed by atoms with Gasteiger partial charge >= 0.3 is 0 Å². The Kier molecular flexibility index (Phi) is 7.28. The monoisotopic (exact) mass is 465 g/mol. The van der Waals surface area contributed by atoms with E-state index in [0.29, 0.717) is 22.4 Å². The van der Waals surface area contributed by atoms with E-state index in [1.54, 1.807) is 18.2 Å². The molecular formula is C24H24FN5O4. The molecule has 176 valence electrons. The van der Waals surface area contributed by atoms with Gasteiger partial charge in [0.25, 0.3) is 0 Å². The Morgan fingerprint density at radius 3 is 2.68 bits per heavy atom. The summed E-state index contributed by atoms with van der Waals surface area (Å²) in [7, 11) is 1.51. The van der Waals surface area contributed by atoms with Gasteiger partial charge in [-0.2, -0.15) is 0 Å². The summed E-state index contributed by atoms with van der Waals surface area (Å²) in [6.07, 6.45) is 1.51. The summed E-state index contributed by atoms with van der Waals surface area (Å²) < 4.78 is 25.6. The Labute approximate surface area is 195 Å². The molecule has 1 atom stereocenters. The number of hydrogen-bond acceptors (Lipinski definition) is 6. The number of carbonyl (C=O) groups excluding carboxylic acids is 2. The minimum Gasteiger partial charge on any atom is -0.467 e. The second kappa shape index (κ2) is 10.7. The molecule has 0 aliphatic carbocycles. The number of furan rings is 1. The number of nitrogens with one attached hydrogen (secondary N) is 1. The fraction of sp³-hybridized carbons (Fsp3) is 0.250. The summed E-state index contributed by atoms with van der Waals surface area (Å²) in [5.41, 5.74) is 1.82. The molecule has 0 aliphatic rings. The molecule has 0 radical (unpaired) electrons. The van der Waals surface area contributed by atoms with Crippen LogP contribution in [0.1, 0.15) is 17.4 Å². The van der Waals surface area contributed by atoms with Crippen LogP contribution in [0.5, 0.6) is 0 Å². The lowest BCUT2D eigenvalue weighted by Gasteiger charge is -2.31. The highest BCUT2D eigenvalue weighted by atomic mass is 19.1. The van der Waals surface area contributed by atoms with Crippen molar-refractivity contribution in [3.63, 3.8) is 0 Å². The van der Waals surface area contributed by atoms with Gasteiger partial charge in [-0.15, -0.1) is 5.10 Å². The van der Waals surface area contributed by atoms with E-state index < -0.39 is 17.8 Å². The van der Waals surface area contributed by atoms with E-state index in [1.807, 2.05) is 18.2 Å². The number of halogens is 1. The summed E-state index contributed by atoms with van der Waals surface area (Å²) >= 11 is 0. The molecule has 0 saturated heterocycles. The maximum absolute atomic E-state index is 13.6. The van der Waals surface area contributed by atoms with Gasteiger partial charge in [0.05, 0.1) is 24.9 Å². The molecule has 1 N–H and O–H groups in total. The zero-order valence-corrected chi connectivity index (χ0v) is 18.6. The third-order valence-corrected chi connectivity index (χ3v) is 5.32. The predicted molar refractivity (Wildman–Crippen MR) is 121 cm³/mol. The normalized spacial score (nSPS) is 11.9. The van der Waals surface area contributed by atoms with E-state index >= 15 is 0 Å². The Morgan fingerprint density at radius 2 is 1.94 bits per heavy atom. The second-order valence-electron chi connectivity index (χ2n) is 7.57. The summed E-state index contributed by atoms with van der Waals surface area (Å²) in [6.45, 7) is 0.349. The SMILES string of the molecule is COCCN(C(=O)Cn1nnc2ccccc21)[C@@H](C(=O)NCc1ccco1)c1ccc(F)cc1. The smallest absolute Gasteiger partial charge is 0.247 e. The molecule has 2 aromatic carbocycles. The third kappa shape index (κ3) is 5.29. The molecule has 0 bridgehead atoms. The molecule has 0 saturated carbocycles. The number of fused-ring (bicyclic) bond motifs is 1. The van der Waals surface area contributed by atoms with Crippen LogP contribution in [0.3, 0.4) is 0 Å². The van der Waals surface area contributed by atoms with Crippen LogP contribution in [0, 0.1) is 5.82 Å². The fourth-order valence-electron chi connectivity index (χ4n) is 3.64. The van der Waals surface area contributed by atoms with Crippen LogP contribution in [-0.2, 0) is 27.4 Å². The van der Waals surface area contributed by atoms with Gasteiger partial charge in [0.15, 0.2) is 0 Å². The van der Waals surface area contributed by atoms with Crippen LogP contribution in [0.25, 0.3) is 11.0 Å². The van der Waals surface area contributed by atoms with Crippen molar-refractivity contribution in [2.75, 3.05) is 20.3 Å². The van der Waals surface area contributed by atoms with Crippen molar-refractivity contribution in [3.8, 4) is 0 Å². The number of aromatic nitrogens is 3. The van der Waals surface area contributed by atoms with Gasteiger partial charge in [0.1, 0.15) is 29.7 Å². The molecular weight excluding hydrogens is 441 g/mol. The predicted octanol–water partition coefficient (Wildman–Crippen LogP) is 2.70. The zero-order valence-electron chi connectivity index (χ0n) is 18.6. The molecule has 4 aromatic rings. The maximum atomic E-state index is 13.6. The lowest BCUT2D eigenvalue weighted by atomic mass is 10.0. The first kappa shape index (κ1) is 23.1. The van der Waals surface area contributed by atoms with Crippen LogP contribution < -0.4 is 5.32 Å². The first-order valence-electron chi connectivity index (χ1n) is 10.7. The number of nitrogens with zero attached hydrogens (tertiary/aromatic N) is 4. The minimum absolute atomic E-state index is 0.132. The topological polar surface area (TPSA) is 102 Å². The third-order valence-electron chi connectivity index (χ3n) is 5.32. The molecule has 34 heavy (non-hydrogen) atoms. The average molecular weight is 465 g/mol. The standard InChI is InChI=1S/C24H24FN5O4/c1-33-14-12-29(22(31)16-30-21-7-3-2-6-20(21)27-28-30)23(17-8-10-18(25)11-9-17)24(32)26-15-19-5-4-13-34-19/h2-11,13,23H,12,14-16H2,1H3,(H,26,32)/t23-/m1/s1. The summed E-state index contributed by atoms with van der Waals surface area (Å²) in [4.78, 5) is 28.2. The number of methoxy groups -OCH3 is 1. The van der Waals surface area contributed by atoms with Crippen LogP contribution in [0.2, 0.25) is 0 Å². The largest absolute Gasteiger partial charge is 0.467 e. The van der Waals surface area contributed by atoms with Gasteiger partial charge in [-0.3, -0.25) is 9.59 Å². The van der Waals surface area contributed by atoms with Gasteiger partial charge in [-0.25, -0.2) is 9.07 Å². The molecule has 9 nitrogen and oxygen atoms in total. The quantitative estimate of drug-likeness (QED) is 0.386. The van der Waals surface area contributed by atoms with Gasteiger partial charge in [0, 0.05) is 13.7 Å². The molecule has 2 aromatic heterocycles. The molecule has 0 unspecified atom stereocenters. The first-order valence-corrected chi connectivity index (χ1v) is 10.7. The molecule has 2 amide bonds. The van der Waals surface area contributed by atoms with Gasteiger partial charge in [-0.05, 0) is 42.0 Å². The number of benzene rings is 2. The van der Waals surface area contributed by atoms with Gasteiger partial charge in [0.2, 0.25) is 11.8 Å². The molecule has 0 spiro atoms. The Morgan fingerprint density at radius 1 is 1.15 bits per heavy atom. The summed E-state index contributed by atoms with van der Waals surface area (Å²) in [6, 6.07) is 15.2. The first-order chi connectivity index (χ1) is 16.6. The Balaban J connectivity index is 1.63. The van der Waals surface area contributed by atoms with Crippen molar-refractivity contribution < 1.29 is 23.1 Å². The molecule has 0 aliphatic heterocycles. The van der Waals surface area contributed by atoms with E-state index in [-0.39, 0.29) is 32.1 Å². The van der Waals surface area contributed by atoms with E-state index in [1.165, 1.54) is 47.2 Å². The Bertz CT molecular complexity index is 1240. The number of ether oxygens (including phenoxy) is 1. The maximum Gasteiger partial charge on any atom is 0.247 e.